The van der Waals surface area contributed by atoms with Crippen LogP contribution in [0.15, 0.2) is 33.2 Å². The summed E-state index contributed by atoms with van der Waals surface area (Å²) >= 11 is 0. The minimum atomic E-state index is -0.565. The van der Waals surface area contributed by atoms with Crippen LogP contribution in [0, 0.1) is 35.3 Å². The molecule has 1 N–H and O–H groups in total. The van der Waals surface area contributed by atoms with Crippen molar-refractivity contribution >= 4 is 17.1 Å². The fraction of sp³-hybridized carbons (Fsp3) is 0.333. The molecule has 0 saturated carbocycles. The normalized spacial score (nSPS) is 10.9. The Hall–Kier alpha value is -3.54. The van der Waals surface area contributed by atoms with E-state index in [1.807, 2.05) is 13.0 Å². The largest absolute Gasteiger partial charge is 0.493 e. The van der Waals surface area contributed by atoms with Crippen LogP contribution in [0.1, 0.15) is 36.5 Å². The molecule has 1 aromatic heterocycles. The second-order valence-electron chi connectivity index (χ2n) is 6.02. The van der Waals surface area contributed by atoms with Crippen molar-refractivity contribution in [2.24, 2.45) is 10.2 Å². The first-order valence-corrected chi connectivity index (χ1v) is 8.35. The highest BCUT2D eigenvalue weighted by Gasteiger charge is 2.19. The molecule has 0 amide bonds. The number of nitrogens with zero attached hydrogens (tertiary/aromatic N) is 5. The van der Waals surface area contributed by atoms with Gasteiger partial charge in [0.05, 0.1) is 10.6 Å². The van der Waals surface area contributed by atoms with Gasteiger partial charge in [0.25, 0.3) is 11.2 Å². The van der Waals surface area contributed by atoms with Gasteiger partial charge >= 0.3 is 0 Å². The van der Waals surface area contributed by atoms with E-state index in [-0.39, 0.29) is 40.6 Å². The van der Waals surface area contributed by atoms with Crippen molar-refractivity contribution in [1.82, 2.24) is 4.57 Å². The van der Waals surface area contributed by atoms with Crippen LogP contribution in [0.3, 0.4) is 0 Å². The summed E-state index contributed by atoms with van der Waals surface area (Å²) in [5.41, 5.74) is 0.267. The molecular weight excluding hydrogens is 350 g/mol. The molecule has 1 heterocycles. The maximum absolute atomic E-state index is 12.7. The first kappa shape index (κ1) is 19.8. The zero-order valence-electron chi connectivity index (χ0n) is 15.3. The lowest BCUT2D eigenvalue weighted by Crippen LogP contribution is -2.22. The van der Waals surface area contributed by atoms with Crippen LogP contribution < -0.4 is 5.56 Å². The molecule has 0 saturated heterocycles. The fourth-order valence-corrected chi connectivity index (χ4v) is 2.50. The van der Waals surface area contributed by atoms with Crippen LogP contribution in [0.25, 0.3) is 0 Å². The predicted molar refractivity (Wildman–Crippen MR) is 98.7 cm³/mol. The maximum Gasteiger partial charge on any atom is 0.281 e. The van der Waals surface area contributed by atoms with Gasteiger partial charge in [-0.15, -0.1) is 10.2 Å². The Bertz CT molecular complexity index is 1020. The lowest BCUT2D eigenvalue weighted by Gasteiger charge is -2.12. The topological polar surface area (TPSA) is 134 Å². The predicted octanol–water partition coefficient (Wildman–Crippen LogP) is 4.17. The van der Waals surface area contributed by atoms with Crippen LogP contribution in [0.2, 0.25) is 0 Å². The number of unbranched alkanes of at least 4 members (excludes halogenated alkanes) is 1. The molecular formula is C18H19N5O4. The molecule has 0 atom stereocenters. The van der Waals surface area contributed by atoms with Crippen LogP contribution in [-0.2, 0) is 6.54 Å². The quantitative estimate of drug-likeness (QED) is 0.463. The Morgan fingerprint density at radius 3 is 2.63 bits per heavy atom. The van der Waals surface area contributed by atoms with Crippen molar-refractivity contribution in [3.8, 4) is 11.9 Å². The molecule has 27 heavy (non-hydrogen) atoms. The molecule has 0 unspecified atom stereocenters. The summed E-state index contributed by atoms with van der Waals surface area (Å²) in [4.78, 5) is 23.1. The number of aromatic hydroxyl groups is 1. The zero-order chi connectivity index (χ0) is 20.1. The molecule has 0 aliphatic carbocycles. The maximum atomic E-state index is 12.7. The van der Waals surface area contributed by atoms with E-state index in [9.17, 15) is 25.3 Å². The summed E-state index contributed by atoms with van der Waals surface area (Å²) in [6.45, 7) is 5.39. The smallest absolute Gasteiger partial charge is 0.281 e. The number of non-ortho nitro benzene ring substituents is 1. The molecule has 9 nitrogen and oxygen atoms in total. The molecule has 0 bridgehead atoms. The van der Waals surface area contributed by atoms with Crippen molar-refractivity contribution in [1.29, 1.82) is 5.26 Å². The van der Waals surface area contributed by atoms with E-state index in [0.29, 0.717) is 12.0 Å². The molecule has 9 heteroatoms. The van der Waals surface area contributed by atoms with Crippen LogP contribution in [-0.4, -0.2) is 14.6 Å². The minimum absolute atomic E-state index is 0.0459. The van der Waals surface area contributed by atoms with Gasteiger partial charge in [-0.25, -0.2) is 0 Å². The average Bonchev–Trinajstić information content (AvgIpc) is 2.63. The number of hydrogen-bond donors (Lipinski definition) is 1. The van der Waals surface area contributed by atoms with Crippen LogP contribution in [0.4, 0.5) is 17.1 Å². The van der Waals surface area contributed by atoms with Gasteiger partial charge in [-0.05, 0) is 25.8 Å². The highest BCUT2D eigenvalue weighted by molar-refractivity contribution is 5.57. The third-order valence-electron chi connectivity index (χ3n) is 4.17. The van der Waals surface area contributed by atoms with Gasteiger partial charge < -0.3 is 5.11 Å². The Morgan fingerprint density at radius 1 is 1.33 bits per heavy atom. The molecule has 2 rings (SSSR count). The van der Waals surface area contributed by atoms with Crippen molar-refractivity contribution in [2.45, 2.75) is 40.2 Å². The highest BCUT2D eigenvalue weighted by Crippen LogP contribution is 2.29. The van der Waals surface area contributed by atoms with E-state index in [4.69, 9.17) is 0 Å². The third-order valence-corrected chi connectivity index (χ3v) is 4.17. The second kappa shape index (κ2) is 8.23. The second-order valence-corrected chi connectivity index (χ2v) is 6.02. The van der Waals surface area contributed by atoms with E-state index >= 15 is 0 Å². The van der Waals surface area contributed by atoms with Gasteiger partial charge in [0.2, 0.25) is 5.88 Å². The number of aryl methyl sites for hydroxylation is 1. The number of benzene rings is 1. The SMILES string of the molecule is CCCCn1c(O)c(C#N)c(C)c(N=Nc2cc([N+](=O)[O-])ccc2C)c1=O. The summed E-state index contributed by atoms with van der Waals surface area (Å²) in [5.74, 6) is -0.390. The van der Waals surface area contributed by atoms with E-state index in [2.05, 4.69) is 10.2 Å². The lowest BCUT2D eigenvalue weighted by molar-refractivity contribution is -0.384. The molecule has 0 radical (unpaired) electrons. The molecule has 0 spiro atoms. The molecule has 0 aliphatic rings. The number of nitro benzene ring substituents is 1. The number of nitro groups is 1. The van der Waals surface area contributed by atoms with E-state index < -0.39 is 10.5 Å². The van der Waals surface area contributed by atoms with Crippen molar-refractivity contribution in [3.63, 3.8) is 0 Å². The zero-order valence-corrected chi connectivity index (χ0v) is 15.3. The summed E-state index contributed by atoms with van der Waals surface area (Å²) in [6, 6.07) is 6.03. The van der Waals surface area contributed by atoms with Gasteiger partial charge in [-0.3, -0.25) is 19.5 Å². The van der Waals surface area contributed by atoms with Crippen LogP contribution in [0.5, 0.6) is 5.88 Å². The van der Waals surface area contributed by atoms with Crippen molar-refractivity contribution in [2.75, 3.05) is 0 Å². The molecule has 2 aromatic rings. The summed E-state index contributed by atoms with van der Waals surface area (Å²) < 4.78 is 1.10. The fourth-order valence-electron chi connectivity index (χ4n) is 2.50. The number of hydrogen-bond acceptors (Lipinski definition) is 7. The van der Waals surface area contributed by atoms with Gasteiger partial charge in [0, 0.05) is 24.2 Å². The van der Waals surface area contributed by atoms with Gasteiger partial charge in [0.1, 0.15) is 11.6 Å². The molecule has 140 valence electrons. The van der Waals surface area contributed by atoms with Gasteiger partial charge in [0.15, 0.2) is 5.69 Å². The third kappa shape index (κ3) is 4.00. The molecule has 0 aliphatic heterocycles. The van der Waals surface area contributed by atoms with Crippen molar-refractivity contribution < 1.29 is 10.0 Å². The Morgan fingerprint density at radius 2 is 2.04 bits per heavy atom. The number of pyridine rings is 1. The summed E-state index contributed by atoms with van der Waals surface area (Å²) in [7, 11) is 0. The first-order valence-electron chi connectivity index (χ1n) is 8.35. The van der Waals surface area contributed by atoms with Crippen molar-refractivity contribution in [3.05, 3.63) is 55.4 Å². The summed E-state index contributed by atoms with van der Waals surface area (Å²) in [5, 5.41) is 38.4. The average molecular weight is 369 g/mol. The minimum Gasteiger partial charge on any atom is -0.493 e. The molecule has 1 aromatic carbocycles. The Balaban J connectivity index is 2.61. The number of aromatic nitrogens is 1. The number of rotatable bonds is 6. The monoisotopic (exact) mass is 369 g/mol. The summed E-state index contributed by atoms with van der Waals surface area (Å²) in [6.07, 6.45) is 1.44. The van der Waals surface area contributed by atoms with Gasteiger partial charge in [-0.2, -0.15) is 5.26 Å². The van der Waals surface area contributed by atoms with E-state index in [1.165, 1.54) is 25.1 Å². The lowest BCUT2D eigenvalue weighted by atomic mass is 10.1. The van der Waals surface area contributed by atoms with E-state index in [0.717, 1.165) is 11.0 Å². The first-order chi connectivity index (χ1) is 12.8. The van der Waals surface area contributed by atoms with Crippen LogP contribution >= 0.6 is 0 Å². The Kier molecular flexibility index (Phi) is 6.03. The van der Waals surface area contributed by atoms with E-state index in [1.54, 1.807) is 6.92 Å². The number of azo groups is 1. The van der Waals surface area contributed by atoms with Gasteiger partial charge in [-0.1, -0.05) is 19.4 Å². The Labute approximate surface area is 155 Å². The standard InChI is InChI=1S/C18H19N5O4/c1-4-5-8-22-17(24)14(10-19)12(3)16(18(22)25)21-20-15-9-13(23(26)27)7-6-11(15)2/h6-7,9,24H,4-5,8H2,1-3H3. The highest BCUT2D eigenvalue weighted by atomic mass is 16.6. The number of nitriles is 1. The molecule has 0 fully saturated rings.